The molecule has 7 nitrogen and oxygen atoms in total. The summed E-state index contributed by atoms with van der Waals surface area (Å²) in [4.78, 5) is 11.2. The van der Waals surface area contributed by atoms with Gasteiger partial charge in [-0.05, 0) is 33.2 Å². The highest BCUT2D eigenvalue weighted by molar-refractivity contribution is 6.35. The molecule has 0 saturated carbocycles. The fourth-order valence-electron chi connectivity index (χ4n) is 3.19. The van der Waals surface area contributed by atoms with Crippen molar-refractivity contribution in [3.8, 4) is 22.8 Å². The van der Waals surface area contributed by atoms with Crippen LogP contribution in [0.5, 0.6) is 11.5 Å². The summed E-state index contributed by atoms with van der Waals surface area (Å²) in [7, 11) is 7.25. The van der Waals surface area contributed by atoms with Gasteiger partial charge in [0.2, 0.25) is 0 Å². The molecule has 0 aliphatic heterocycles. The molecule has 0 fully saturated rings. The van der Waals surface area contributed by atoms with Crippen LogP contribution < -0.4 is 20.5 Å². The van der Waals surface area contributed by atoms with Gasteiger partial charge in [-0.3, -0.25) is 0 Å². The molecule has 1 aromatic carbocycles. The average Bonchev–Trinajstić information content (AvgIpc) is 2.68. The van der Waals surface area contributed by atoms with Gasteiger partial charge >= 0.3 is 0 Å². The van der Waals surface area contributed by atoms with Gasteiger partial charge in [0.25, 0.3) is 0 Å². The SMILES string of the molecule is COc1cc(OC)c(Cl)c(-c2cc3cnc(N)cc3c(NCCN(C)C)n2)c1C. The van der Waals surface area contributed by atoms with Crippen molar-refractivity contribution in [2.24, 2.45) is 0 Å². The Labute approximate surface area is 175 Å². The molecule has 0 saturated heterocycles. The number of ether oxygens (including phenoxy) is 2. The molecular formula is C21H26ClN5O2. The summed E-state index contributed by atoms with van der Waals surface area (Å²) in [5, 5.41) is 5.71. The van der Waals surface area contributed by atoms with Crippen LogP contribution >= 0.6 is 11.6 Å². The summed E-state index contributed by atoms with van der Waals surface area (Å²) in [6.07, 6.45) is 1.74. The normalized spacial score (nSPS) is 11.1. The van der Waals surface area contributed by atoms with E-state index in [0.29, 0.717) is 28.0 Å². The third-order valence-corrected chi connectivity index (χ3v) is 5.10. The van der Waals surface area contributed by atoms with E-state index in [0.717, 1.165) is 40.8 Å². The molecule has 2 aromatic heterocycles. The highest BCUT2D eigenvalue weighted by atomic mass is 35.5. The van der Waals surface area contributed by atoms with E-state index in [9.17, 15) is 0 Å². The number of hydrogen-bond donors (Lipinski definition) is 2. The van der Waals surface area contributed by atoms with Crippen molar-refractivity contribution in [2.45, 2.75) is 6.92 Å². The first-order chi connectivity index (χ1) is 13.8. The van der Waals surface area contributed by atoms with Gasteiger partial charge in [0.05, 0.1) is 24.9 Å². The fourth-order valence-corrected chi connectivity index (χ4v) is 3.56. The van der Waals surface area contributed by atoms with E-state index in [1.54, 1.807) is 26.5 Å². The van der Waals surface area contributed by atoms with Gasteiger partial charge in [0.15, 0.2) is 0 Å². The maximum absolute atomic E-state index is 6.67. The number of likely N-dealkylation sites (N-methyl/N-ethyl adjacent to an activating group) is 1. The standard InChI is InChI=1S/C21H26ClN5O2/c1-12-16(28-4)10-17(29-5)20(22)19(12)15-8-13-11-25-18(23)9-14(13)21(26-15)24-6-7-27(2)3/h8-11H,6-7H2,1-5H3,(H2,23,25)(H,24,26). The van der Waals surface area contributed by atoms with E-state index in [4.69, 9.17) is 31.8 Å². The van der Waals surface area contributed by atoms with Crippen molar-refractivity contribution in [2.75, 3.05) is 52.5 Å². The van der Waals surface area contributed by atoms with E-state index in [2.05, 4.69) is 15.2 Å². The van der Waals surface area contributed by atoms with E-state index in [1.807, 2.05) is 33.2 Å². The van der Waals surface area contributed by atoms with Crippen molar-refractivity contribution in [3.05, 3.63) is 35.0 Å². The number of aromatic nitrogens is 2. The van der Waals surface area contributed by atoms with Gasteiger partial charge in [0.1, 0.15) is 23.1 Å². The Balaban J connectivity index is 2.21. The summed E-state index contributed by atoms with van der Waals surface area (Å²) >= 11 is 6.67. The third kappa shape index (κ3) is 4.31. The van der Waals surface area contributed by atoms with Crippen molar-refractivity contribution < 1.29 is 9.47 Å². The van der Waals surface area contributed by atoms with Crippen LogP contribution in [-0.4, -0.2) is 56.3 Å². The minimum atomic E-state index is 0.444. The molecule has 0 aliphatic carbocycles. The molecule has 0 radical (unpaired) electrons. The van der Waals surface area contributed by atoms with Crippen LogP contribution in [0, 0.1) is 6.92 Å². The zero-order chi connectivity index (χ0) is 21.1. The predicted molar refractivity (Wildman–Crippen MR) is 119 cm³/mol. The first-order valence-electron chi connectivity index (χ1n) is 9.22. The zero-order valence-corrected chi connectivity index (χ0v) is 18.1. The maximum Gasteiger partial charge on any atom is 0.141 e. The summed E-state index contributed by atoms with van der Waals surface area (Å²) in [5.41, 5.74) is 8.26. The number of rotatable bonds is 7. The number of nitrogens with one attached hydrogen (secondary N) is 1. The first kappa shape index (κ1) is 21.0. The minimum absolute atomic E-state index is 0.444. The minimum Gasteiger partial charge on any atom is -0.496 e. The molecule has 3 rings (SSSR count). The van der Waals surface area contributed by atoms with Crippen LogP contribution in [0.4, 0.5) is 11.6 Å². The smallest absolute Gasteiger partial charge is 0.141 e. The molecular weight excluding hydrogens is 390 g/mol. The molecule has 2 heterocycles. The molecule has 0 unspecified atom stereocenters. The number of fused-ring (bicyclic) bond motifs is 1. The van der Waals surface area contributed by atoms with Gasteiger partial charge in [-0.2, -0.15) is 0 Å². The number of halogens is 1. The van der Waals surface area contributed by atoms with Crippen molar-refractivity contribution >= 4 is 34.0 Å². The van der Waals surface area contributed by atoms with E-state index in [-0.39, 0.29) is 0 Å². The zero-order valence-electron chi connectivity index (χ0n) is 17.3. The summed E-state index contributed by atoms with van der Waals surface area (Å²) in [6.45, 7) is 3.54. The molecule has 0 amide bonds. The lowest BCUT2D eigenvalue weighted by atomic mass is 10.0. The Morgan fingerprint density at radius 2 is 1.86 bits per heavy atom. The van der Waals surface area contributed by atoms with Crippen LogP contribution in [0.3, 0.4) is 0 Å². The number of pyridine rings is 2. The quantitative estimate of drug-likeness (QED) is 0.606. The Morgan fingerprint density at radius 1 is 1.14 bits per heavy atom. The largest absolute Gasteiger partial charge is 0.496 e. The van der Waals surface area contributed by atoms with Gasteiger partial charge in [-0.15, -0.1) is 0 Å². The van der Waals surface area contributed by atoms with Crippen LogP contribution in [0.2, 0.25) is 5.02 Å². The highest BCUT2D eigenvalue weighted by Gasteiger charge is 2.19. The number of nitrogens with zero attached hydrogens (tertiary/aromatic N) is 3. The Bertz CT molecular complexity index is 1010. The molecule has 3 aromatic rings. The van der Waals surface area contributed by atoms with Crippen molar-refractivity contribution in [1.82, 2.24) is 14.9 Å². The molecule has 29 heavy (non-hydrogen) atoms. The molecule has 0 aliphatic rings. The number of benzene rings is 1. The second kappa shape index (κ2) is 8.71. The maximum atomic E-state index is 6.67. The lowest BCUT2D eigenvalue weighted by molar-refractivity contribution is 0.393. The van der Waals surface area contributed by atoms with Gasteiger partial charge in [-0.1, -0.05) is 11.6 Å². The molecule has 0 spiro atoms. The highest BCUT2D eigenvalue weighted by Crippen LogP contribution is 2.43. The van der Waals surface area contributed by atoms with Gasteiger partial charge in [0, 0.05) is 47.3 Å². The number of anilines is 2. The van der Waals surface area contributed by atoms with Crippen LogP contribution in [0.25, 0.3) is 22.0 Å². The summed E-state index contributed by atoms with van der Waals surface area (Å²) in [5.74, 6) is 2.38. The van der Waals surface area contributed by atoms with E-state index >= 15 is 0 Å². The molecule has 154 valence electrons. The summed E-state index contributed by atoms with van der Waals surface area (Å²) < 4.78 is 11.0. The lowest BCUT2D eigenvalue weighted by Gasteiger charge is -2.18. The van der Waals surface area contributed by atoms with E-state index in [1.165, 1.54) is 0 Å². The number of hydrogen-bond acceptors (Lipinski definition) is 7. The second-order valence-electron chi connectivity index (χ2n) is 7.01. The number of nitrogen functional groups attached to an aromatic ring is 1. The Kier molecular flexibility index (Phi) is 6.30. The van der Waals surface area contributed by atoms with Gasteiger partial charge < -0.3 is 25.4 Å². The Morgan fingerprint density at radius 3 is 2.52 bits per heavy atom. The van der Waals surface area contributed by atoms with Crippen LogP contribution in [0.1, 0.15) is 5.56 Å². The van der Waals surface area contributed by atoms with Gasteiger partial charge in [-0.25, -0.2) is 9.97 Å². The number of nitrogens with two attached hydrogens (primary N) is 1. The second-order valence-corrected chi connectivity index (χ2v) is 7.39. The summed E-state index contributed by atoms with van der Waals surface area (Å²) in [6, 6.07) is 5.55. The van der Waals surface area contributed by atoms with E-state index < -0.39 is 0 Å². The lowest BCUT2D eigenvalue weighted by Crippen LogP contribution is -2.21. The van der Waals surface area contributed by atoms with Crippen molar-refractivity contribution in [3.63, 3.8) is 0 Å². The predicted octanol–water partition coefficient (Wildman–Crippen LogP) is 3.83. The topological polar surface area (TPSA) is 85.5 Å². The van der Waals surface area contributed by atoms with Crippen LogP contribution in [-0.2, 0) is 0 Å². The monoisotopic (exact) mass is 415 g/mol. The van der Waals surface area contributed by atoms with Crippen molar-refractivity contribution in [1.29, 1.82) is 0 Å². The molecule has 0 bridgehead atoms. The molecule has 0 atom stereocenters. The first-order valence-corrected chi connectivity index (χ1v) is 9.59. The van der Waals surface area contributed by atoms with Crippen LogP contribution in [0.15, 0.2) is 24.4 Å². The third-order valence-electron chi connectivity index (χ3n) is 4.73. The fraction of sp³-hybridized carbons (Fsp3) is 0.333. The molecule has 3 N–H and O–H groups in total. The Hall–Kier alpha value is -2.77. The average molecular weight is 416 g/mol. The number of methoxy groups -OCH3 is 2. The molecule has 8 heteroatoms.